The minimum atomic E-state index is -0.165. The molecule has 2 aromatic heterocycles. The van der Waals surface area contributed by atoms with E-state index in [0.717, 1.165) is 0 Å². The third kappa shape index (κ3) is 2.35. The number of hydrogen-bond donors (Lipinski definition) is 0. The van der Waals surface area contributed by atoms with Crippen molar-refractivity contribution in [3.63, 3.8) is 0 Å². The molecule has 0 aliphatic rings. The zero-order valence-corrected chi connectivity index (χ0v) is 11.2. The molecule has 0 saturated carbocycles. The average Bonchev–Trinajstić information content (AvgIpc) is 2.80. The minimum Gasteiger partial charge on any atom is -0.305 e. The summed E-state index contributed by atoms with van der Waals surface area (Å²) in [5, 5.41) is 1.12. The number of fused-ring (bicyclic) bond motifs is 1. The highest BCUT2D eigenvalue weighted by atomic mass is 35.5. The first kappa shape index (κ1) is 12.2. The van der Waals surface area contributed by atoms with Crippen molar-refractivity contribution in [1.29, 1.82) is 0 Å². The molecule has 2 heterocycles. The number of hydrogen-bond acceptors (Lipinski definition) is 2. The maximum Gasteiger partial charge on any atom is 0.213 e. The maximum absolute atomic E-state index is 12.3. The van der Waals surface area contributed by atoms with E-state index in [1.54, 1.807) is 53.2 Å². The van der Waals surface area contributed by atoms with E-state index in [1.165, 1.54) is 0 Å². The highest BCUT2D eigenvalue weighted by molar-refractivity contribution is 6.31. The van der Waals surface area contributed by atoms with E-state index in [1.807, 2.05) is 0 Å². The van der Waals surface area contributed by atoms with Crippen LogP contribution in [0.1, 0.15) is 16.1 Å². The number of carbonyl (C=O) groups excluding carboxylic acids is 1. The second kappa shape index (κ2) is 4.68. The molecule has 5 heteroatoms. The Bertz CT molecular complexity index is 780. The van der Waals surface area contributed by atoms with Gasteiger partial charge < -0.3 is 4.40 Å². The van der Waals surface area contributed by atoms with Crippen LogP contribution in [0.3, 0.4) is 0 Å². The van der Waals surface area contributed by atoms with Crippen LogP contribution in [0.2, 0.25) is 10.0 Å². The van der Waals surface area contributed by atoms with Crippen molar-refractivity contribution in [1.82, 2.24) is 9.38 Å². The van der Waals surface area contributed by atoms with E-state index in [0.29, 0.717) is 26.9 Å². The quantitative estimate of drug-likeness (QED) is 0.672. The Balaban J connectivity index is 2.06. The Labute approximate surface area is 119 Å². The van der Waals surface area contributed by atoms with Gasteiger partial charge in [0.15, 0.2) is 0 Å². The molecule has 0 bridgehead atoms. The van der Waals surface area contributed by atoms with Crippen LogP contribution in [0.4, 0.5) is 0 Å². The lowest BCUT2D eigenvalue weighted by Gasteiger charge is -1.97. The van der Waals surface area contributed by atoms with Gasteiger partial charge in [0.05, 0.1) is 5.02 Å². The monoisotopic (exact) mass is 290 g/mol. The number of benzene rings is 1. The highest BCUT2D eigenvalue weighted by Crippen LogP contribution is 2.16. The molecule has 3 rings (SSSR count). The van der Waals surface area contributed by atoms with Gasteiger partial charge >= 0.3 is 0 Å². The Morgan fingerprint density at radius 3 is 2.68 bits per heavy atom. The minimum absolute atomic E-state index is 0.165. The van der Waals surface area contributed by atoms with Crippen molar-refractivity contribution in [2.24, 2.45) is 0 Å². The van der Waals surface area contributed by atoms with Gasteiger partial charge in [0.2, 0.25) is 5.78 Å². The largest absolute Gasteiger partial charge is 0.305 e. The van der Waals surface area contributed by atoms with Crippen molar-refractivity contribution < 1.29 is 4.79 Å². The molecule has 0 aliphatic carbocycles. The van der Waals surface area contributed by atoms with Gasteiger partial charge in [-0.1, -0.05) is 35.3 Å². The second-order valence-corrected chi connectivity index (χ2v) is 4.95. The fourth-order valence-electron chi connectivity index (χ4n) is 1.85. The van der Waals surface area contributed by atoms with E-state index >= 15 is 0 Å². The lowest BCUT2D eigenvalue weighted by molar-refractivity contribution is 0.103. The molecule has 3 nitrogen and oxygen atoms in total. The maximum atomic E-state index is 12.3. The van der Waals surface area contributed by atoms with E-state index < -0.39 is 0 Å². The molecule has 0 fully saturated rings. The lowest BCUT2D eigenvalue weighted by atomic mass is 10.1. The molecule has 19 heavy (non-hydrogen) atoms. The topological polar surface area (TPSA) is 34.4 Å². The van der Waals surface area contributed by atoms with Crippen molar-refractivity contribution in [2.45, 2.75) is 0 Å². The summed E-state index contributed by atoms with van der Waals surface area (Å²) in [6.07, 6.45) is 3.36. The fourth-order valence-corrected chi connectivity index (χ4v) is 2.21. The molecule has 0 spiro atoms. The Hall–Kier alpha value is -1.84. The first-order valence-corrected chi connectivity index (χ1v) is 6.33. The molecule has 0 saturated heterocycles. The smallest absolute Gasteiger partial charge is 0.213 e. The molecule has 0 radical (unpaired) electrons. The number of rotatable bonds is 2. The summed E-state index contributed by atoms with van der Waals surface area (Å²) in [6, 6.07) is 10.3. The van der Waals surface area contributed by atoms with E-state index in [4.69, 9.17) is 23.2 Å². The van der Waals surface area contributed by atoms with Gasteiger partial charge in [-0.2, -0.15) is 0 Å². The summed E-state index contributed by atoms with van der Waals surface area (Å²) in [6.45, 7) is 0. The number of imidazole rings is 1. The molecule has 0 aliphatic heterocycles. The molecule has 1 aromatic carbocycles. The lowest BCUT2D eigenvalue weighted by Crippen LogP contribution is -2.01. The average molecular weight is 291 g/mol. The van der Waals surface area contributed by atoms with Crippen molar-refractivity contribution in [3.05, 3.63) is 70.1 Å². The van der Waals surface area contributed by atoms with E-state index in [2.05, 4.69) is 4.98 Å². The number of aromatic nitrogens is 2. The summed E-state index contributed by atoms with van der Waals surface area (Å²) in [5.74, 6) is -0.165. The van der Waals surface area contributed by atoms with Crippen LogP contribution in [0.25, 0.3) is 5.65 Å². The van der Waals surface area contributed by atoms with E-state index in [-0.39, 0.29) is 5.78 Å². The Morgan fingerprint density at radius 2 is 1.89 bits per heavy atom. The molecule has 3 aromatic rings. The number of halogens is 2. The number of ketones is 1. The summed E-state index contributed by atoms with van der Waals surface area (Å²) >= 11 is 11.8. The second-order valence-electron chi connectivity index (χ2n) is 4.08. The number of pyridine rings is 1. The van der Waals surface area contributed by atoms with Crippen LogP contribution >= 0.6 is 23.2 Å². The molecular weight excluding hydrogens is 283 g/mol. The normalized spacial score (nSPS) is 10.8. The van der Waals surface area contributed by atoms with Gasteiger partial charge in [0.25, 0.3) is 0 Å². The molecule has 0 unspecified atom stereocenters. The first-order valence-electron chi connectivity index (χ1n) is 5.58. The van der Waals surface area contributed by atoms with Crippen LogP contribution in [-0.4, -0.2) is 15.2 Å². The van der Waals surface area contributed by atoms with Gasteiger partial charge in [-0.15, -0.1) is 0 Å². The molecule has 94 valence electrons. The molecular formula is C14H8Cl2N2O. The van der Waals surface area contributed by atoms with Crippen LogP contribution in [0.15, 0.2) is 48.8 Å². The third-order valence-corrected chi connectivity index (χ3v) is 3.19. The first-order chi connectivity index (χ1) is 9.13. The predicted molar refractivity (Wildman–Crippen MR) is 75.1 cm³/mol. The summed E-state index contributed by atoms with van der Waals surface area (Å²) < 4.78 is 1.72. The van der Waals surface area contributed by atoms with Gasteiger partial charge in [-0.25, -0.2) is 4.98 Å². The van der Waals surface area contributed by atoms with Gasteiger partial charge in [0.1, 0.15) is 11.3 Å². The van der Waals surface area contributed by atoms with Crippen molar-refractivity contribution >= 4 is 34.6 Å². The zero-order chi connectivity index (χ0) is 13.4. The zero-order valence-electron chi connectivity index (χ0n) is 9.68. The van der Waals surface area contributed by atoms with E-state index in [9.17, 15) is 4.79 Å². The number of carbonyl (C=O) groups is 1. The van der Waals surface area contributed by atoms with Crippen LogP contribution in [0.5, 0.6) is 0 Å². The molecule has 0 amide bonds. The summed E-state index contributed by atoms with van der Waals surface area (Å²) in [7, 11) is 0. The molecule has 0 atom stereocenters. The predicted octanol–water partition coefficient (Wildman–Crippen LogP) is 3.87. The summed E-state index contributed by atoms with van der Waals surface area (Å²) in [5.41, 5.74) is 1.56. The number of nitrogens with zero attached hydrogens (tertiary/aromatic N) is 2. The molecule has 0 N–H and O–H groups in total. The summed E-state index contributed by atoms with van der Waals surface area (Å²) in [4.78, 5) is 16.6. The van der Waals surface area contributed by atoms with Crippen LogP contribution < -0.4 is 0 Å². The Kier molecular flexibility index (Phi) is 3.01. The SMILES string of the molecule is O=C(c1cccc(Cl)c1)c1cn2cc(Cl)ccc2n1. The fraction of sp³-hybridized carbons (Fsp3) is 0. The van der Waals surface area contributed by atoms with Crippen LogP contribution in [-0.2, 0) is 0 Å². The van der Waals surface area contributed by atoms with Gasteiger partial charge in [-0.3, -0.25) is 4.79 Å². The highest BCUT2D eigenvalue weighted by Gasteiger charge is 2.13. The van der Waals surface area contributed by atoms with Crippen molar-refractivity contribution in [3.8, 4) is 0 Å². The Morgan fingerprint density at radius 1 is 1.05 bits per heavy atom. The third-order valence-electron chi connectivity index (χ3n) is 2.73. The van der Waals surface area contributed by atoms with Crippen LogP contribution in [0, 0.1) is 0 Å². The van der Waals surface area contributed by atoms with Crippen molar-refractivity contribution in [2.75, 3.05) is 0 Å². The van der Waals surface area contributed by atoms with Gasteiger partial charge in [0, 0.05) is 23.0 Å². The standard InChI is InChI=1S/C14H8Cl2N2O/c15-10-3-1-2-9(6-10)14(19)12-8-18-7-11(16)4-5-13(18)17-12/h1-8H. The van der Waals surface area contributed by atoms with Gasteiger partial charge in [-0.05, 0) is 24.3 Å².